The highest BCUT2D eigenvalue weighted by atomic mass is 16.5. The van der Waals surface area contributed by atoms with Gasteiger partial charge in [-0.25, -0.2) is 0 Å². The van der Waals surface area contributed by atoms with Gasteiger partial charge in [0.25, 0.3) is 0 Å². The van der Waals surface area contributed by atoms with Gasteiger partial charge < -0.3 is 14.6 Å². The van der Waals surface area contributed by atoms with Crippen molar-refractivity contribution in [3.05, 3.63) is 29.5 Å². The van der Waals surface area contributed by atoms with E-state index in [-0.39, 0.29) is 0 Å². The maximum absolute atomic E-state index is 5.37. The number of nitrogens with zero attached hydrogens (tertiary/aromatic N) is 1. The first kappa shape index (κ1) is 13.0. The van der Waals surface area contributed by atoms with Gasteiger partial charge in [0, 0.05) is 18.6 Å². The molecule has 0 saturated carbocycles. The lowest BCUT2D eigenvalue weighted by Gasteiger charge is -2.06. The van der Waals surface area contributed by atoms with Crippen LogP contribution in [-0.2, 0) is 13.5 Å². The Hall–Kier alpha value is -1.48. The molecule has 18 heavy (non-hydrogen) atoms. The minimum Gasteiger partial charge on any atom is -0.497 e. The van der Waals surface area contributed by atoms with E-state index < -0.39 is 0 Å². The number of rotatable bonds is 5. The van der Waals surface area contributed by atoms with Crippen molar-refractivity contribution in [1.29, 1.82) is 0 Å². The Bertz CT molecular complexity index is 543. The topological polar surface area (TPSA) is 26.2 Å². The molecule has 0 bridgehead atoms. The number of benzene rings is 1. The lowest BCUT2D eigenvalue weighted by Crippen LogP contribution is -2.15. The molecule has 0 unspecified atom stereocenters. The molecule has 1 heterocycles. The highest BCUT2D eigenvalue weighted by Gasteiger charge is 2.10. The highest BCUT2D eigenvalue weighted by Crippen LogP contribution is 2.28. The van der Waals surface area contributed by atoms with Crippen molar-refractivity contribution in [2.75, 3.05) is 20.2 Å². The first-order chi connectivity index (χ1) is 8.67. The van der Waals surface area contributed by atoms with E-state index in [1.165, 1.54) is 22.0 Å². The van der Waals surface area contributed by atoms with Gasteiger partial charge in [-0.05, 0) is 49.7 Å². The van der Waals surface area contributed by atoms with E-state index in [4.69, 9.17) is 4.74 Å². The zero-order chi connectivity index (χ0) is 13.1. The fourth-order valence-corrected chi connectivity index (χ4v) is 2.54. The molecule has 0 fully saturated rings. The summed E-state index contributed by atoms with van der Waals surface area (Å²) in [5, 5.41) is 4.69. The smallest absolute Gasteiger partial charge is 0.119 e. The molecule has 0 radical (unpaired) electrons. The van der Waals surface area contributed by atoms with E-state index in [0.29, 0.717) is 0 Å². The largest absolute Gasteiger partial charge is 0.497 e. The summed E-state index contributed by atoms with van der Waals surface area (Å²) in [5.41, 5.74) is 3.96. The first-order valence-corrected chi connectivity index (χ1v) is 6.50. The number of methoxy groups -OCH3 is 1. The van der Waals surface area contributed by atoms with Gasteiger partial charge in [0.05, 0.1) is 12.6 Å². The van der Waals surface area contributed by atoms with Crippen LogP contribution >= 0.6 is 0 Å². The second-order valence-corrected chi connectivity index (χ2v) is 4.71. The summed E-state index contributed by atoms with van der Waals surface area (Å²) < 4.78 is 7.58. The molecule has 3 heteroatoms. The summed E-state index contributed by atoms with van der Waals surface area (Å²) in [6.07, 6.45) is 3.28. The molecular formula is C15H22N2O. The fraction of sp³-hybridized carbons (Fsp3) is 0.467. The van der Waals surface area contributed by atoms with Crippen molar-refractivity contribution in [3.63, 3.8) is 0 Å². The molecule has 0 amide bonds. The lowest BCUT2D eigenvalue weighted by molar-refractivity contribution is 0.415. The Morgan fingerprint density at radius 3 is 2.78 bits per heavy atom. The second-order valence-electron chi connectivity index (χ2n) is 4.71. The Morgan fingerprint density at radius 2 is 2.11 bits per heavy atom. The third-order valence-corrected chi connectivity index (χ3v) is 3.38. The molecule has 1 aromatic carbocycles. The Labute approximate surface area is 109 Å². The van der Waals surface area contributed by atoms with Gasteiger partial charge in [0.2, 0.25) is 0 Å². The maximum atomic E-state index is 5.37. The minimum atomic E-state index is 0.941. The highest BCUT2D eigenvalue weighted by molar-refractivity contribution is 5.88. The van der Waals surface area contributed by atoms with Crippen molar-refractivity contribution in [2.24, 2.45) is 7.05 Å². The van der Waals surface area contributed by atoms with E-state index in [2.05, 4.69) is 49.1 Å². The fourth-order valence-electron chi connectivity index (χ4n) is 2.54. The van der Waals surface area contributed by atoms with Crippen LogP contribution in [0.5, 0.6) is 5.75 Å². The van der Waals surface area contributed by atoms with Crippen molar-refractivity contribution in [2.45, 2.75) is 20.3 Å². The standard InChI is InChI=1S/C15H22N2O/c1-5-16-7-6-12-10-17(3)15-11(2)8-13(18-4)9-14(12)15/h8-10,16H,5-7H2,1-4H3. The van der Waals surface area contributed by atoms with Gasteiger partial charge >= 0.3 is 0 Å². The van der Waals surface area contributed by atoms with E-state index in [9.17, 15) is 0 Å². The summed E-state index contributed by atoms with van der Waals surface area (Å²) >= 11 is 0. The summed E-state index contributed by atoms with van der Waals surface area (Å²) in [7, 11) is 3.83. The number of nitrogens with one attached hydrogen (secondary N) is 1. The van der Waals surface area contributed by atoms with E-state index >= 15 is 0 Å². The molecule has 0 aliphatic carbocycles. The number of hydrogen-bond donors (Lipinski definition) is 1. The number of hydrogen-bond acceptors (Lipinski definition) is 2. The monoisotopic (exact) mass is 246 g/mol. The molecule has 2 aromatic rings. The van der Waals surface area contributed by atoms with Crippen LogP contribution in [0.3, 0.4) is 0 Å². The number of aromatic nitrogens is 1. The van der Waals surface area contributed by atoms with Gasteiger partial charge in [0.15, 0.2) is 0 Å². The van der Waals surface area contributed by atoms with Gasteiger partial charge in [0.1, 0.15) is 5.75 Å². The summed E-state index contributed by atoms with van der Waals surface area (Å²) in [5.74, 6) is 0.941. The average Bonchev–Trinajstić information content (AvgIpc) is 2.67. The predicted octanol–water partition coefficient (Wildman–Crippen LogP) is 2.65. The first-order valence-electron chi connectivity index (χ1n) is 6.50. The third kappa shape index (κ3) is 2.36. The summed E-state index contributed by atoms with van der Waals surface area (Å²) in [6, 6.07) is 4.24. The van der Waals surface area contributed by atoms with E-state index in [1.807, 2.05) is 0 Å². The third-order valence-electron chi connectivity index (χ3n) is 3.38. The summed E-state index contributed by atoms with van der Waals surface area (Å²) in [4.78, 5) is 0. The molecule has 0 saturated heterocycles. The van der Waals surface area contributed by atoms with Crippen LogP contribution in [0.4, 0.5) is 0 Å². The minimum absolute atomic E-state index is 0.941. The molecule has 1 N–H and O–H groups in total. The molecule has 3 nitrogen and oxygen atoms in total. The quantitative estimate of drug-likeness (QED) is 0.821. The molecule has 2 rings (SSSR count). The molecule has 0 spiro atoms. The molecule has 1 aromatic heterocycles. The van der Waals surface area contributed by atoms with Crippen LogP contribution < -0.4 is 10.1 Å². The zero-order valence-electron chi connectivity index (χ0n) is 11.7. The number of ether oxygens (including phenoxy) is 1. The van der Waals surface area contributed by atoms with Crippen LogP contribution in [0.25, 0.3) is 10.9 Å². The van der Waals surface area contributed by atoms with Crippen LogP contribution in [0, 0.1) is 6.92 Å². The number of likely N-dealkylation sites (N-methyl/N-ethyl adjacent to an activating group) is 1. The predicted molar refractivity (Wildman–Crippen MR) is 76.5 cm³/mol. The van der Waals surface area contributed by atoms with Crippen LogP contribution in [-0.4, -0.2) is 24.8 Å². The molecule has 0 aliphatic heterocycles. The lowest BCUT2D eigenvalue weighted by atomic mass is 10.1. The Morgan fingerprint density at radius 1 is 1.33 bits per heavy atom. The van der Waals surface area contributed by atoms with Gasteiger partial charge in [-0.1, -0.05) is 6.92 Å². The second kappa shape index (κ2) is 5.44. The molecule has 98 valence electrons. The van der Waals surface area contributed by atoms with Crippen molar-refractivity contribution in [1.82, 2.24) is 9.88 Å². The Kier molecular flexibility index (Phi) is 3.92. The molecule has 0 aliphatic rings. The SMILES string of the molecule is CCNCCc1cn(C)c2c(C)cc(OC)cc12. The Balaban J connectivity index is 2.44. The molecule has 0 atom stereocenters. The number of fused-ring (bicyclic) bond motifs is 1. The normalized spacial score (nSPS) is 11.1. The zero-order valence-corrected chi connectivity index (χ0v) is 11.7. The van der Waals surface area contributed by atoms with Crippen LogP contribution in [0.15, 0.2) is 18.3 Å². The van der Waals surface area contributed by atoms with Crippen molar-refractivity contribution >= 4 is 10.9 Å². The summed E-state index contributed by atoms with van der Waals surface area (Å²) in [6.45, 7) is 6.31. The van der Waals surface area contributed by atoms with Crippen LogP contribution in [0.2, 0.25) is 0 Å². The van der Waals surface area contributed by atoms with Gasteiger partial charge in [-0.3, -0.25) is 0 Å². The van der Waals surface area contributed by atoms with Crippen molar-refractivity contribution < 1.29 is 4.74 Å². The average molecular weight is 246 g/mol. The van der Waals surface area contributed by atoms with Crippen molar-refractivity contribution in [3.8, 4) is 5.75 Å². The van der Waals surface area contributed by atoms with E-state index in [1.54, 1.807) is 7.11 Å². The van der Waals surface area contributed by atoms with Gasteiger partial charge in [-0.15, -0.1) is 0 Å². The maximum Gasteiger partial charge on any atom is 0.119 e. The molecular weight excluding hydrogens is 224 g/mol. The van der Waals surface area contributed by atoms with Gasteiger partial charge in [-0.2, -0.15) is 0 Å². The van der Waals surface area contributed by atoms with Crippen LogP contribution in [0.1, 0.15) is 18.1 Å². The van der Waals surface area contributed by atoms with E-state index in [0.717, 1.165) is 25.3 Å². The number of aryl methyl sites for hydroxylation is 2.